The summed E-state index contributed by atoms with van der Waals surface area (Å²) in [6, 6.07) is 14.7. The van der Waals surface area contributed by atoms with Crippen LogP contribution in [-0.4, -0.2) is 49.2 Å². The number of aliphatic imine (C=N–C) groups is 1. The van der Waals surface area contributed by atoms with Crippen LogP contribution in [0.4, 0.5) is 5.69 Å². The van der Waals surface area contributed by atoms with Crippen molar-refractivity contribution in [3.8, 4) is 5.75 Å². The lowest BCUT2D eigenvalue weighted by molar-refractivity contribution is -0.122. The molecule has 0 atom stereocenters. The molecule has 7 heteroatoms. The van der Waals surface area contributed by atoms with Crippen LogP contribution >= 0.6 is 15.9 Å². The van der Waals surface area contributed by atoms with E-state index < -0.39 is 0 Å². The number of hydrogen-bond acceptors (Lipinski definition) is 5. The molecule has 0 amide bonds. The third-order valence-electron chi connectivity index (χ3n) is 4.58. The summed E-state index contributed by atoms with van der Waals surface area (Å²) in [6.45, 7) is 3.42. The smallest absolute Gasteiger partial charge is 0.290 e. The number of amidine groups is 1. The average molecular weight is 432 g/mol. The summed E-state index contributed by atoms with van der Waals surface area (Å²) in [7, 11) is 1.73. The predicted molar refractivity (Wildman–Crippen MR) is 110 cm³/mol. The van der Waals surface area contributed by atoms with Gasteiger partial charge in [-0.1, -0.05) is 28.1 Å². The van der Waals surface area contributed by atoms with Gasteiger partial charge >= 0.3 is 0 Å². The van der Waals surface area contributed by atoms with Crippen molar-refractivity contribution < 1.29 is 14.6 Å². The van der Waals surface area contributed by atoms with E-state index in [1.807, 2.05) is 12.1 Å². The Balaban J connectivity index is 0.000000659. The van der Waals surface area contributed by atoms with E-state index in [1.165, 1.54) is 16.8 Å². The van der Waals surface area contributed by atoms with E-state index in [2.05, 4.69) is 56.1 Å². The highest BCUT2D eigenvalue weighted by Gasteiger charge is 2.28. The van der Waals surface area contributed by atoms with Crippen molar-refractivity contribution in [2.45, 2.75) is 13.0 Å². The Hall–Kier alpha value is -2.54. The number of carboxylic acid groups (broad SMARTS) is 1. The standard InChI is InChI=1S/C19H20BrN3O.CH2O2/c1-24-18-8-7-15(20)11-14(18)12-23-13-22-10-4-9-21-19(22)16-5-2-3-6-17(16)23;2-1-3/h2-3,5-8,11H,4,9-10,12-13H2,1H3;1H,(H,2,3). The summed E-state index contributed by atoms with van der Waals surface area (Å²) in [5, 5.41) is 6.89. The number of benzene rings is 2. The van der Waals surface area contributed by atoms with Crippen LogP contribution in [0.1, 0.15) is 17.5 Å². The highest BCUT2D eigenvalue weighted by Crippen LogP contribution is 2.32. The minimum absolute atomic E-state index is 0.250. The summed E-state index contributed by atoms with van der Waals surface area (Å²) in [6.07, 6.45) is 1.12. The zero-order chi connectivity index (χ0) is 19.2. The highest BCUT2D eigenvalue weighted by atomic mass is 79.9. The van der Waals surface area contributed by atoms with Crippen molar-refractivity contribution in [2.75, 3.05) is 31.8 Å². The second-order valence-corrected chi connectivity index (χ2v) is 7.16. The van der Waals surface area contributed by atoms with Crippen molar-refractivity contribution in [1.82, 2.24) is 4.90 Å². The zero-order valence-electron chi connectivity index (χ0n) is 15.1. The van der Waals surface area contributed by atoms with Gasteiger partial charge in [-0.3, -0.25) is 9.79 Å². The first-order valence-electron chi connectivity index (χ1n) is 8.72. The normalized spacial score (nSPS) is 15.0. The molecule has 0 aliphatic carbocycles. The molecule has 0 saturated carbocycles. The number of anilines is 1. The fourth-order valence-corrected chi connectivity index (χ4v) is 3.89. The van der Waals surface area contributed by atoms with Gasteiger partial charge in [0.15, 0.2) is 0 Å². The van der Waals surface area contributed by atoms with E-state index in [0.29, 0.717) is 0 Å². The Morgan fingerprint density at radius 1 is 1.30 bits per heavy atom. The van der Waals surface area contributed by atoms with E-state index in [0.717, 1.165) is 48.8 Å². The van der Waals surface area contributed by atoms with Gasteiger partial charge in [-0.15, -0.1) is 0 Å². The molecule has 2 aliphatic rings. The summed E-state index contributed by atoms with van der Waals surface area (Å²) in [4.78, 5) is 17.9. The topological polar surface area (TPSA) is 65.4 Å². The van der Waals surface area contributed by atoms with Crippen LogP contribution in [0.25, 0.3) is 0 Å². The second-order valence-electron chi connectivity index (χ2n) is 6.24. The van der Waals surface area contributed by atoms with E-state index in [9.17, 15) is 0 Å². The lowest BCUT2D eigenvalue weighted by Gasteiger charge is -2.42. The lowest BCUT2D eigenvalue weighted by atomic mass is 10.0. The first-order chi connectivity index (χ1) is 13.2. The molecule has 0 aromatic heterocycles. The molecule has 0 fully saturated rings. The number of methoxy groups -OCH3 is 1. The number of carbonyl (C=O) groups is 1. The molecule has 0 bridgehead atoms. The van der Waals surface area contributed by atoms with Crippen LogP contribution in [0, 0.1) is 0 Å². The molecule has 0 unspecified atom stereocenters. The van der Waals surface area contributed by atoms with Crippen LogP contribution in [-0.2, 0) is 11.3 Å². The maximum atomic E-state index is 8.36. The van der Waals surface area contributed by atoms with Gasteiger partial charge in [0, 0.05) is 40.9 Å². The minimum atomic E-state index is -0.250. The van der Waals surface area contributed by atoms with Gasteiger partial charge in [-0.2, -0.15) is 0 Å². The van der Waals surface area contributed by atoms with Crippen molar-refractivity contribution in [3.63, 3.8) is 0 Å². The van der Waals surface area contributed by atoms with Crippen molar-refractivity contribution in [3.05, 3.63) is 58.1 Å². The Kier molecular flexibility index (Phi) is 6.34. The Labute approximate surface area is 167 Å². The third-order valence-corrected chi connectivity index (χ3v) is 5.07. The van der Waals surface area contributed by atoms with Gasteiger partial charge < -0.3 is 19.6 Å². The summed E-state index contributed by atoms with van der Waals surface area (Å²) < 4.78 is 6.62. The van der Waals surface area contributed by atoms with Gasteiger partial charge in [0.2, 0.25) is 0 Å². The number of hydrogen-bond donors (Lipinski definition) is 1. The molecule has 1 N–H and O–H groups in total. The largest absolute Gasteiger partial charge is 0.496 e. The number of halogens is 1. The lowest BCUT2D eigenvalue weighted by Crippen LogP contribution is -2.48. The van der Waals surface area contributed by atoms with Crippen LogP contribution in [0.5, 0.6) is 5.75 Å². The quantitative estimate of drug-likeness (QED) is 0.752. The molecule has 0 spiro atoms. The number of nitrogens with zero attached hydrogens (tertiary/aromatic N) is 3. The Bertz CT molecular complexity index is 841. The molecule has 2 aromatic carbocycles. The summed E-state index contributed by atoms with van der Waals surface area (Å²) >= 11 is 3.57. The van der Waals surface area contributed by atoms with Crippen molar-refractivity contribution in [2.24, 2.45) is 4.99 Å². The van der Waals surface area contributed by atoms with E-state index >= 15 is 0 Å². The van der Waals surface area contributed by atoms with E-state index in [1.54, 1.807) is 7.11 Å². The molecule has 6 nitrogen and oxygen atoms in total. The number of rotatable bonds is 3. The molecule has 2 aromatic rings. The fraction of sp³-hybridized carbons (Fsp3) is 0.300. The number of ether oxygens (including phenoxy) is 1. The SMILES string of the molecule is COc1ccc(Br)cc1CN1CN2CCCN=C2c2ccccc21.O=CO. The molecule has 142 valence electrons. The van der Waals surface area contributed by atoms with Crippen molar-refractivity contribution in [1.29, 1.82) is 0 Å². The van der Waals surface area contributed by atoms with Gasteiger partial charge in [0.25, 0.3) is 6.47 Å². The number of para-hydroxylation sites is 1. The monoisotopic (exact) mass is 431 g/mol. The number of fused-ring (bicyclic) bond motifs is 3. The van der Waals surface area contributed by atoms with Gasteiger partial charge in [0.05, 0.1) is 13.8 Å². The van der Waals surface area contributed by atoms with Crippen LogP contribution < -0.4 is 9.64 Å². The molecule has 0 saturated heterocycles. The predicted octanol–water partition coefficient (Wildman–Crippen LogP) is 3.59. The minimum Gasteiger partial charge on any atom is -0.496 e. The van der Waals surface area contributed by atoms with E-state index in [4.69, 9.17) is 19.6 Å². The Morgan fingerprint density at radius 2 is 2.07 bits per heavy atom. The zero-order valence-corrected chi connectivity index (χ0v) is 16.7. The maximum absolute atomic E-state index is 8.36. The molecule has 27 heavy (non-hydrogen) atoms. The molecule has 4 rings (SSSR count). The first kappa shape index (κ1) is 19.2. The molecule has 2 aliphatic heterocycles. The maximum Gasteiger partial charge on any atom is 0.290 e. The van der Waals surface area contributed by atoms with Crippen molar-refractivity contribution >= 4 is 33.9 Å². The van der Waals surface area contributed by atoms with Crippen LogP contribution in [0.3, 0.4) is 0 Å². The van der Waals surface area contributed by atoms with Gasteiger partial charge in [-0.05, 0) is 36.8 Å². The first-order valence-corrected chi connectivity index (χ1v) is 9.51. The summed E-state index contributed by atoms with van der Waals surface area (Å²) in [5.41, 5.74) is 3.66. The third kappa shape index (κ3) is 4.24. The van der Waals surface area contributed by atoms with E-state index in [-0.39, 0.29) is 6.47 Å². The van der Waals surface area contributed by atoms with Gasteiger partial charge in [0.1, 0.15) is 11.6 Å². The highest BCUT2D eigenvalue weighted by molar-refractivity contribution is 9.10. The fourth-order valence-electron chi connectivity index (χ4n) is 3.48. The van der Waals surface area contributed by atoms with Crippen LogP contribution in [0.15, 0.2) is 51.9 Å². The molecule has 2 heterocycles. The molecular weight excluding hydrogens is 410 g/mol. The second kappa shape index (κ2) is 8.90. The van der Waals surface area contributed by atoms with Gasteiger partial charge in [-0.25, -0.2) is 0 Å². The Morgan fingerprint density at radius 3 is 2.85 bits per heavy atom. The molecule has 0 radical (unpaired) electrons. The summed E-state index contributed by atoms with van der Waals surface area (Å²) in [5.74, 6) is 2.07. The molecular formula is C20H22BrN3O3. The van der Waals surface area contributed by atoms with Crippen LogP contribution in [0.2, 0.25) is 0 Å². The average Bonchev–Trinajstić information content (AvgIpc) is 2.69.